The van der Waals surface area contributed by atoms with E-state index >= 15 is 0 Å². The van der Waals surface area contributed by atoms with E-state index in [0.29, 0.717) is 6.42 Å². The summed E-state index contributed by atoms with van der Waals surface area (Å²) in [4.78, 5) is 10.2. The molecule has 2 rings (SSSR count). The van der Waals surface area contributed by atoms with E-state index in [1.165, 1.54) is 0 Å². The minimum Gasteiger partial charge on any atom is -0.356 e. The molecule has 1 N–H and O–H groups in total. The van der Waals surface area contributed by atoms with E-state index in [1.807, 2.05) is 66.7 Å². The highest BCUT2D eigenvalue weighted by atomic mass is 16.1. The van der Waals surface area contributed by atoms with E-state index in [1.54, 1.807) is 0 Å². The van der Waals surface area contributed by atoms with Crippen LogP contribution in [-0.2, 0) is 4.79 Å². The highest BCUT2D eigenvalue weighted by molar-refractivity contribution is 5.63. The smallest absolute Gasteiger partial charge is 0.123 e. The second kappa shape index (κ2) is 6.40. The van der Waals surface area contributed by atoms with Gasteiger partial charge >= 0.3 is 0 Å². The average molecular weight is 237 g/mol. The van der Waals surface area contributed by atoms with Crippen LogP contribution in [0.3, 0.4) is 0 Å². The van der Waals surface area contributed by atoms with Gasteiger partial charge in [-0.3, -0.25) is 0 Å². The molecule has 0 amide bonds. The lowest BCUT2D eigenvalue weighted by Crippen LogP contribution is -1.89. The Labute approximate surface area is 107 Å². The molecule has 0 aliphatic heterocycles. The van der Waals surface area contributed by atoms with Crippen molar-refractivity contribution in [3.8, 4) is 0 Å². The third-order valence-electron chi connectivity index (χ3n) is 2.52. The van der Waals surface area contributed by atoms with Gasteiger partial charge in [-0.15, -0.1) is 0 Å². The Morgan fingerprint density at radius 1 is 0.889 bits per heavy atom. The fourth-order valence-electron chi connectivity index (χ4n) is 1.63. The number of benzene rings is 2. The van der Waals surface area contributed by atoms with Gasteiger partial charge in [-0.25, -0.2) is 0 Å². The molecule has 0 radical (unpaired) electrons. The number of para-hydroxylation sites is 1. The van der Waals surface area contributed by atoms with Crippen LogP contribution < -0.4 is 5.32 Å². The standard InChI is InChI=1S/C16H15NO/c18-13-5-4-6-14-9-11-16(12-10-14)17-15-7-2-1-3-8-15/h1-4,6-13,17H,5H2. The molecule has 0 aromatic heterocycles. The van der Waals surface area contributed by atoms with Gasteiger partial charge in [0.25, 0.3) is 0 Å². The predicted molar refractivity (Wildman–Crippen MR) is 75.9 cm³/mol. The van der Waals surface area contributed by atoms with Crippen molar-refractivity contribution >= 4 is 23.7 Å². The molecule has 2 aromatic carbocycles. The molecule has 0 unspecified atom stereocenters. The van der Waals surface area contributed by atoms with Gasteiger partial charge in [0.1, 0.15) is 6.29 Å². The molecule has 0 spiro atoms. The number of hydrogen-bond acceptors (Lipinski definition) is 2. The van der Waals surface area contributed by atoms with Gasteiger partial charge in [-0.2, -0.15) is 0 Å². The first kappa shape index (κ1) is 12.1. The summed E-state index contributed by atoms with van der Waals surface area (Å²) in [6, 6.07) is 18.1. The van der Waals surface area contributed by atoms with Crippen LogP contribution in [0.5, 0.6) is 0 Å². The van der Waals surface area contributed by atoms with E-state index in [4.69, 9.17) is 0 Å². The Hall–Kier alpha value is -2.35. The Morgan fingerprint density at radius 2 is 1.56 bits per heavy atom. The minimum absolute atomic E-state index is 0.462. The van der Waals surface area contributed by atoms with Crippen molar-refractivity contribution in [2.75, 3.05) is 5.32 Å². The first-order valence-electron chi connectivity index (χ1n) is 5.91. The van der Waals surface area contributed by atoms with Gasteiger partial charge < -0.3 is 10.1 Å². The van der Waals surface area contributed by atoms with E-state index in [0.717, 1.165) is 23.2 Å². The molecule has 2 nitrogen and oxygen atoms in total. The lowest BCUT2D eigenvalue weighted by Gasteiger charge is -2.06. The van der Waals surface area contributed by atoms with Gasteiger partial charge in [0.15, 0.2) is 0 Å². The van der Waals surface area contributed by atoms with Gasteiger partial charge in [0.05, 0.1) is 0 Å². The van der Waals surface area contributed by atoms with Gasteiger partial charge in [0.2, 0.25) is 0 Å². The van der Waals surface area contributed by atoms with Crippen molar-refractivity contribution < 1.29 is 4.79 Å². The lowest BCUT2D eigenvalue weighted by molar-refractivity contribution is -0.107. The van der Waals surface area contributed by atoms with Crippen molar-refractivity contribution in [2.24, 2.45) is 0 Å². The molecule has 0 aliphatic carbocycles. The molecule has 90 valence electrons. The Bertz CT molecular complexity index is 515. The number of anilines is 2. The number of hydrogen-bond donors (Lipinski definition) is 1. The largest absolute Gasteiger partial charge is 0.356 e. The molecule has 2 heteroatoms. The fourth-order valence-corrected chi connectivity index (χ4v) is 1.63. The molecule has 0 bridgehead atoms. The van der Waals surface area contributed by atoms with Crippen molar-refractivity contribution in [2.45, 2.75) is 6.42 Å². The molecule has 0 heterocycles. The summed E-state index contributed by atoms with van der Waals surface area (Å²) in [5.41, 5.74) is 3.21. The summed E-state index contributed by atoms with van der Waals surface area (Å²) < 4.78 is 0. The molecule has 0 aliphatic rings. The quantitative estimate of drug-likeness (QED) is 0.795. The molecule has 0 saturated heterocycles. The van der Waals surface area contributed by atoms with Gasteiger partial charge in [0, 0.05) is 17.8 Å². The van der Waals surface area contributed by atoms with Gasteiger partial charge in [-0.1, -0.05) is 42.5 Å². The summed E-state index contributed by atoms with van der Waals surface area (Å²) in [6.45, 7) is 0. The highest BCUT2D eigenvalue weighted by Crippen LogP contribution is 2.17. The summed E-state index contributed by atoms with van der Waals surface area (Å²) in [7, 11) is 0. The number of carbonyl (C=O) groups is 1. The molecule has 2 aromatic rings. The third-order valence-corrected chi connectivity index (χ3v) is 2.52. The van der Waals surface area contributed by atoms with E-state index in [2.05, 4.69) is 5.32 Å². The van der Waals surface area contributed by atoms with Crippen LogP contribution in [0.15, 0.2) is 60.7 Å². The zero-order valence-corrected chi connectivity index (χ0v) is 10.0. The van der Waals surface area contributed by atoms with E-state index < -0.39 is 0 Å². The van der Waals surface area contributed by atoms with Crippen molar-refractivity contribution in [3.63, 3.8) is 0 Å². The van der Waals surface area contributed by atoms with Gasteiger partial charge in [-0.05, 0) is 29.8 Å². The second-order valence-corrected chi connectivity index (χ2v) is 3.92. The fraction of sp³-hybridized carbons (Fsp3) is 0.0625. The molecule has 18 heavy (non-hydrogen) atoms. The van der Waals surface area contributed by atoms with Crippen LogP contribution >= 0.6 is 0 Å². The van der Waals surface area contributed by atoms with Crippen LogP contribution in [0.1, 0.15) is 12.0 Å². The highest BCUT2D eigenvalue weighted by Gasteiger charge is 1.93. The molecular formula is C16H15NO. The number of aldehydes is 1. The summed E-state index contributed by atoms with van der Waals surface area (Å²) in [5.74, 6) is 0. The Morgan fingerprint density at radius 3 is 2.22 bits per heavy atom. The lowest BCUT2D eigenvalue weighted by atomic mass is 10.2. The molecule has 0 saturated carbocycles. The first-order valence-corrected chi connectivity index (χ1v) is 5.91. The predicted octanol–water partition coefficient (Wildman–Crippen LogP) is 4.03. The normalized spacial score (nSPS) is 10.4. The van der Waals surface area contributed by atoms with Crippen molar-refractivity contribution in [3.05, 3.63) is 66.2 Å². The van der Waals surface area contributed by atoms with Crippen LogP contribution in [0, 0.1) is 0 Å². The number of allylic oxidation sites excluding steroid dienone is 1. The second-order valence-electron chi connectivity index (χ2n) is 3.92. The Kier molecular flexibility index (Phi) is 4.31. The SMILES string of the molecule is O=CCC=Cc1ccc(Nc2ccccc2)cc1. The molecular weight excluding hydrogens is 222 g/mol. The van der Waals surface area contributed by atoms with E-state index in [9.17, 15) is 4.79 Å². The third kappa shape index (κ3) is 3.59. The van der Waals surface area contributed by atoms with Crippen LogP contribution in [0.2, 0.25) is 0 Å². The topological polar surface area (TPSA) is 29.1 Å². The van der Waals surface area contributed by atoms with Crippen LogP contribution in [-0.4, -0.2) is 6.29 Å². The summed E-state index contributed by atoms with van der Waals surface area (Å²) >= 11 is 0. The van der Waals surface area contributed by atoms with Crippen LogP contribution in [0.25, 0.3) is 6.08 Å². The monoisotopic (exact) mass is 237 g/mol. The van der Waals surface area contributed by atoms with E-state index in [-0.39, 0.29) is 0 Å². The maximum atomic E-state index is 10.2. The van der Waals surface area contributed by atoms with Crippen molar-refractivity contribution in [1.82, 2.24) is 0 Å². The maximum absolute atomic E-state index is 10.2. The average Bonchev–Trinajstić information content (AvgIpc) is 2.42. The molecule has 0 fully saturated rings. The number of carbonyl (C=O) groups excluding carboxylic acids is 1. The zero-order valence-electron chi connectivity index (χ0n) is 10.0. The number of rotatable bonds is 5. The molecule has 0 atom stereocenters. The Balaban J connectivity index is 2.02. The first-order chi connectivity index (χ1) is 8.88. The summed E-state index contributed by atoms with van der Waals surface area (Å²) in [6.07, 6.45) is 5.15. The summed E-state index contributed by atoms with van der Waals surface area (Å²) in [5, 5.41) is 3.32. The zero-order chi connectivity index (χ0) is 12.6. The van der Waals surface area contributed by atoms with Crippen LogP contribution in [0.4, 0.5) is 11.4 Å². The maximum Gasteiger partial charge on any atom is 0.123 e. The van der Waals surface area contributed by atoms with Crippen molar-refractivity contribution in [1.29, 1.82) is 0 Å². The number of nitrogens with one attached hydrogen (secondary N) is 1. The minimum atomic E-state index is 0.462.